The van der Waals surface area contributed by atoms with Crippen LogP contribution in [0.5, 0.6) is 0 Å². The van der Waals surface area contributed by atoms with Gasteiger partial charge in [-0.15, -0.1) is 0 Å². The van der Waals surface area contributed by atoms with E-state index < -0.39 is 0 Å². The second-order valence-electron chi connectivity index (χ2n) is 7.30. The molecule has 4 aromatic rings. The van der Waals surface area contributed by atoms with Gasteiger partial charge in [0.1, 0.15) is 5.69 Å². The second-order valence-corrected chi connectivity index (χ2v) is 7.30. The average molecular weight is 409 g/mol. The van der Waals surface area contributed by atoms with Gasteiger partial charge in [0.15, 0.2) is 0 Å². The van der Waals surface area contributed by atoms with Crippen molar-refractivity contribution in [3.05, 3.63) is 107 Å². The Hall–Kier alpha value is -4.19. The van der Waals surface area contributed by atoms with Crippen LogP contribution >= 0.6 is 0 Å². The maximum atomic E-state index is 12.3. The normalized spacial score (nSPS) is 11.0. The van der Waals surface area contributed by atoms with Gasteiger partial charge in [0.25, 0.3) is 5.91 Å². The molecule has 0 spiro atoms. The van der Waals surface area contributed by atoms with Gasteiger partial charge in [-0.2, -0.15) is 10.2 Å². The van der Waals surface area contributed by atoms with Crippen LogP contribution < -0.4 is 11.2 Å². The zero-order chi connectivity index (χ0) is 21.6. The van der Waals surface area contributed by atoms with Crippen molar-refractivity contribution in [3.8, 4) is 11.3 Å². The first kappa shape index (κ1) is 20.1. The number of aryl methyl sites for hydroxylation is 1. The van der Waals surface area contributed by atoms with E-state index in [9.17, 15) is 4.79 Å². The molecule has 154 valence electrons. The van der Waals surface area contributed by atoms with Crippen molar-refractivity contribution >= 4 is 17.8 Å². The molecule has 0 radical (unpaired) electrons. The number of nitrogens with one attached hydrogen (secondary N) is 1. The number of hydrazone groups is 1. The van der Waals surface area contributed by atoms with Crippen LogP contribution in [-0.2, 0) is 6.54 Å². The quantitative estimate of drug-likeness (QED) is 0.284. The summed E-state index contributed by atoms with van der Waals surface area (Å²) >= 11 is 0. The SMILES string of the molecule is Cc1ccc(-c2nn(Cc3ccccc3)cc2/C=N\NC(=O)c2ccc(N)cc2)cc1. The Labute approximate surface area is 181 Å². The fourth-order valence-corrected chi connectivity index (χ4v) is 3.18. The van der Waals surface area contributed by atoms with E-state index in [-0.39, 0.29) is 5.91 Å². The number of carbonyl (C=O) groups is 1. The van der Waals surface area contributed by atoms with Crippen molar-refractivity contribution in [2.75, 3.05) is 5.73 Å². The number of nitrogens with two attached hydrogens (primary N) is 1. The highest BCUT2D eigenvalue weighted by Gasteiger charge is 2.11. The molecular weight excluding hydrogens is 386 g/mol. The number of anilines is 1. The van der Waals surface area contributed by atoms with E-state index in [1.807, 2.05) is 48.1 Å². The molecule has 3 N–H and O–H groups in total. The minimum Gasteiger partial charge on any atom is -0.399 e. The lowest BCUT2D eigenvalue weighted by Crippen LogP contribution is -2.17. The largest absolute Gasteiger partial charge is 0.399 e. The average Bonchev–Trinajstić information content (AvgIpc) is 3.17. The summed E-state index contributed by atoms with van der Waals surface area (Å²) in [4.78, 5) is 12.3. The van der Waals surface area contributed by atoms with Gasteiger partial charge in [-0.3, -0.25) is 9.48 Å². The minimum absolute atomic E-state index is 0.301. The summed E-state index contributed by atoms with van der Waals surface area (Å²) in [6.07, 6.45) is 3.56. The third-order valence-electron chi connectivity index (χ3n) is 4.84. The summed E-state index contributed by atoms with van der Waals surface area (Å²) in [6, 6.07) is 25.0. The van der Waals surface area contributed by atoms with Gasteiger partial charge in [-0.05, 0) is 36.8 Å². The summed E-state index contributed by atoms with van der Waals surface area (Å²) in [7, 11) is 0. The molecule has 0 saturated heterocycles. The smallest absolute Gasteiger partial charge is 0.271 e. The summed E-state index contributed by atoms with van der Waals surface area (Å²) in [5, 5.41) is 8.93. The van der Waals surface area contributed by atoms with Crippen molar-refractivity contribution < 1.29 is 4.79 Å². The molecule has 1 aromatic heterocycles. The van der Waals surface area contributed by atoms with Crippen molar-refractivity contribution in [1.29, 1.82) is 0 Å². The summed E-state index contributed by atoms with van der Waals surface area (Å²) in [6.45, 7) is 2.69. The molecule has 0 aliphatic carbocycles. The highest BCUT2D eigenvalue weighted by molar-refractivity contribution is 5.95. The molecule has 0 atom stereocenters. The molecule has 4 rings (SSSR count). The number of amides is 1. The molecule has 6 heteroatoms. The minimum atomic E-state index is -0.301. The highest BCUT2D eigenvalue weighted by Crippen LogP contribution is 2.22. The highest BCUT2D eigenvalue weighted by atomic mass is 16.2. The predicted molar refractivity (Wildman–Crippen MR) is 124 cm³/mol. The molecule has 1 heterocycles. The van der Waals surface area contributed by atoms with Gasteiger partial charge in [0, 0.05) is 28.6 Å². The van der Waals surface area contributed by atoms with Crippen molar-refractivity contribution in [2.45, 2.75) is 13.5 Å². The lowest BCUT2D eigenvalue weighted by Gasteiger charge is -2.02. The Balaban J connectivity index is 1.58. The van der Waals surface area contributed by atoms with Gasteiger partial charge < -0.3 is 5.73 Å². The molecule has 0 aliphatic rings. The Bertz CT molecular complexity index is 1190. The molecule has 0 unspecified atom stereocenters. The van der Waals surface area contributed by atoms with Crippen LogP contribution in [0.25, 0.3) is 11.3 Å². The third-order valence-corrected chi connectivity index (χ3v) is 4.84. The fourth-order valence-electron chi connectivity index (χ4n) is 3.18. The van der Waals surface area contributed by atoms with Crippen LogP contribution in [0.15, 0.2) is 90.2 Å². The number of nitrogens with zero attached hydrogens (tertiary/aromatic N) is 3. The molecule has 31 heavy (non-hydrogen) atoms. The van der Waals surface area contributed by atoms with E-state index in [0.29, 0.717) is 17.8 Å². The maximum Gasteiger partial charge on any atom is 0.271 e. The van der Waals surface area contributed by atoms with Gasteiger partial charge in [0.05, 0.1) is 12.8 Å². The van der Waals surface area contributed by atoms with Crippen LogP contribution in [0.2, 0.25) is 0 Å². The molecule has 0 aliphatic heterocycles. The number of nitrogen functional groups attached to an aromatic ring is 1. The lowest BCUT2D eigenvalue weighted by atomic mass is 10.1. The van der Waals surface area contributed by atoms with Crippen LogP contribution in [-0.4, -0.2) is 21.9 Å². The lowest BCUT2D eigenvalue weighted by molar-refractivity contribution is 0.0955. The molecule has 0 bridgehead atoms. The van der Waals surface area contributed by atoms with Crippen molar-refractivity contribution in [1.82, 2.24) is 15.2 Å². The Morgan fingerprint density at radius 1 is 1.03 bits per heavy atom. The number of benzene rings is 3. The molecule has 0 saturated carbocycles. The molecule has 0 fully saturated rings. The maximum absolute atomic E-state index is 12.3. The van der Waals surface area contributed by atoms with E-state index >= 15 is 0 Å². The summed E-state index contributed by atoms with van der Waals surface area (Å²) in [5.41, 5.74) is 14.3. The summed E-state index contributed by atoms with van der Waals surface area (Å²) in [5.74, 6) is -0.301. The monoisotopic (exact) mass is 409 g/mol. The van der Waals surface area contributed by atoms with E-state index in [2.05, 4.69) is 34.8 Å². The van der Waals surface area contributed by atoms with Gasteiger partial charge >= 0.3 is 0 Å². The van der Waals surface area contributed by atoms with Crippen molar-refractivity contribution in [2.24, 2.45) is 5.10 Å². The van der Waals surface area contributed by atoms with Crippen LogP contribution in [0.1, 0.15) is 27.0 Å². The number of aromatic nitrogens is 2. The standard InChI is InChI=1S/C25H23N5O/c1-18-7-9-20(10-8-18)24-22(17-30(29-24)16-19-5-3-2-4-6-19)15-27-28-25(31)21-11-13-23(26)14-12-21/h2-15,17H,16,26H2,1H3,(H,28,31)/b27-15-. The zero-order valence-electron chi connectivity index (χ0n) is 17.2. The van der Waals surface area contributed by atoms with Crippen molar-refractivity contribution in [3.63, 3.8) is 0 Å². The van der Waals surface area contributed by atoms with Gasteiger partial charge in [0.2, 0.25) is 0 Å². The molecular formula is C25H23N5O. The number of hydrogen-bond donors (Lipinski definition) is 2. The first-order chi connectivity index (χ1) is 15.1. The number of rotatable bonds is 6. The zero-order valence-corrected chi connectivity index (χ0v) is 17.2. The Morgan fingerprint density at radius 2 is 1.74 bits per heavy atom. The Morgan fingerprint density at radius 3 is 2.45 bits per heavy atom. The van der Waals surface area contributed by atoms with E-state index in [1.54, 1.807) is 30.5 Å². The van der Waals surface area contributed by atoms with E-state index in [1.165, 1.54) is 5.56 Å². The van der Waals surface area contributed by atoms with Crippen LogP contribution in [0, 0.1) is 6.92 Å². The molecule has 6 nitrogen and oxygen atoms in total. The first-order valence-electron chi connectivity index (χ1n) is 9.96. The van der Waals surface area contributed by atoms with E-state index in [4.69, 9.17) is 10.8 Å². The number of hydrogen-bond acceptors (Lipinski definition) is 4. The Kier molecular flexibility index (Phi) is 5.89. The van der Waals surface area contributed by atoms with Gasteiger partial charge in [-0.25, -0.2) is 5.43 Å². The number of carbonyl (C=O) groups excluding carboxylic acids is 1. The third kappa shape index (κ3) is 5.05. The fraction of sp³-hybridized carbons (Fsp3) is 0.0800. The topological polar surface area (TPSA) is 85.3 Å². The predicted octanol–water partition coefficient (Wildman–Crippen LogP) is 4.25. The summed E-state index contributed by atoms with van der Waals surface area (Å²) < 4.78 is 1.88. The first-order valence-corrected chi connectivity index (χ1v) is 9.96. The second kappa shape index (κ2) is 9.09. The molecule has 1 amide bonds. The molecule has 3 aromatic carbocycles. The van der Waals surface area contributed by atoms with Gasteiger partial charge in [-0.1, -0.05) is 60.2 Å². The van der Waals surface area contributed by atoms with Crippen LogP contribution in [0.3, 0.4) is 0 Å². The van der Waals surface area contributed by atoms with Crippen LogP contribution in [0.4, 0.5) is 5.69 Å². The van der Waals surface area contributed by atoms with E-state index in [0.717, 1.165) is 22.4 Å².